The number of aryl methyl sites for hydroxylation is 1. The van der Waals surface area contributed by atoms with Gasteiger partial charge in [-0.3, -0.25) is 0 Å². The highest BCUT2D eigenvalue weighted by Crippen LogP contribution is 2.37. The van der Waals surface area contributed by atoms with E-state index in [1.54, 1.807) is 13.0 Å². The second-order valence-corrected chi connectivity index (χ2v) is 5.64. The zero-order valence-electron chi connectivity index (χ0n) is 12.7. The SMILES string of the molecule is Cc1onc(-c2ccccc2Cl)c1-c1nc(-c2ccccc2)no1. The number of hydrogen-bond donors (Lipinski definition) is 0. The molecule has 5 nitrogen and oxygen atoms in total. The average molecular weight is 338 g/mol. The van der Waals surface area contributed by atoms with Crippen LogP contribution in [0.1, 0.15) is 5.76 Å². The van der Waals surface area contributed by atoms with Gasteiger partial charge in [-0.15, -0.1) is 0 Å². The molecule has 0 saturated heterocycles. The van der Waals surface area contributed by atoms with Crippen molar-refractivity contribution in [2.24, 2.45) is 0 Å². The van der Waals surface area contributed by atoms with Gasteiger partial charge in [-0.25, -0.2) is 0 Å². The molecule has 4 aromatic rings. The number of nitrogens with zero attached hydrogens (tertiary/aromatic N) is 3. The van der Waals surface area contributed by atoms with Crippen molar-refractivity contribution in [3.63, 3.8) is 0 Å². The molecule has 0 radical (unpaired) electrons. The van der Waals surface area contributed by atoms with Crippen LogP contribution < -0.4 is 0 Å². The first-order valence-corrected chi connectivity index (χ1v) is 7.72. The molecule has 0 atom stereocenters. The smallest absolute Gasteiger partial charge is 0.264 e. The van der Waals surface area contributed by atoms with Gasteiger partial charge in [-0.1, -0.05) is 70.4 Å². The molecule has 118 valence electrons. The molecule has 0 unspecified atom stereocenters. The average Bonchev–Trinajstić information content (AvgIpc) is 3.23. The summed E-state index contributed by atoms with van der Waals surface area (Å²) < 4.78 is 10.8. The normalized spacial score (nSPS) is 10.9. The molecule has 0 aliphatic rings. The minimum atomic E-state index is 0.350. The van der Waals surface area contributed by atoms with Gasteiger partial charge in [0.05, 0.1) is 5.02 Å². The van der Waals surface area contributed by atoms with Gasteiger partial charge in [0.1, 0.15) is 17.0 Å². The molecule has 6 heteroatoms. The summed E-state index contributed by atoms with van der Waals surface area (Å²) in [5.41, 5.74) is 2.87. The third kappa shape index (κ3) is 2.49. The fourth-order valence-corrected chi connectivity index (χ4v) is 2.72. The Morgan fingerprint density at radius 3 is 2.42 bits per heavy atom. The second-order valence-electron chi connectivity index (χ2n) is 5.23. The molecule has 4 rings (SSSR count). The van der Waals surface area contributed by atoms with E-state index >= 15 is 0 Å². The number of halogens is 1. The van der Waals surface area contributed by atoms with Crippen LogP contribution in [-0.2, 0) is 0 Å². The van der Waals surface area contributed by atoms with E-state index in [1.807, 2.05) is 48.5 Å². The molecule has 0 N–H and O–H groups in total. The maximum absolute atomic E-state index is 6.28. The van der Waals surface area contributed by atoms with Crippen LogP contribution >= 0.6 is 11.6 Å². The third-order valence-corrected chi connectivity index (χ3v) is 3.99. The maximum atomic E-state index is 6.28. The van der Waals surface area contributed by atoms with E-state index in [9.17, 15) is 0 Å². The Hall–Kier alpha value is -2.92. The van der Waals surface area contributed by atoms with Crippen LogP contribution in [0.5, 0.6) is 0 Å². The number of hydrogen-bond acceptors (Lipinski definition) is 5. The van der Waals surface area contributed by atoms with Crippen LogP contribution in [0, 0.1) is 6.92 Å². The predicted molar refractivity (Wildman–Crippen MR) is 90.4 cm³/mol. The summed E-state index contributed by atoms with van der Waals surface area (Å²) in [7, 11) is 0. The Kier molecular flexibility index (Phi) is 3.63. The van der Waals surface area contributed by atoms with Crippen molar-refractivity contribution in [3.8, 4) is 34.1 Å². The van der Waals surface area contributed by atoms with Gasteiger partial charge < -0.3 is 9.05 Å². The molecule has 0 bridgehead atoms. The topological polar surface area (TPSA) is 65.0 Å². The van der Waals surface area contributed by atoms with Crippen LogP contribution in [0.3, 0.4) is 0 Å². The van der Waals surface area contributed by atoms with Crippen molar-refractivity contribution in [3.05, 3.63) is 65.4 Å². The second kappa shape index (κ2) is 5.94. The predicted octanol–water partition coefficient (Wildman–Crippen LogP) is 5.02. The van der Waals surface area contributed by atoms with E-state index in [0.717, 1.165) is 11.1 Å². The Balaban J connectivity index is 1.83. The van der Waals surface area contributed by atoms with Crippen LogP contribution in [0.25, 0.3) is 34.1 Å². The maximum Gasteiger partial charge on any atom is 0.264 e. The van der Waals surface area contributed by atoms with E-state index in [4.69, 9.17) is 20.6 Å². The minimum absolute atomic E-state index is 0.350. The molecule has 2 aromatic carbocycles. The van der Waals surface area contributed by atoms with E-state index in [0.29, 0.717) is 33.8 Å². The molecule has 2 aromatic heterocycles. The molecular weight excluding hydrogens is 326 g/mol. The number of benzene rings is 2. The van der Waals surface area contributed by atoms with Gasteiger partial charge in [0.2, 0.25) is 5.82 Å². The molecule has 0 saturated carbocycles. The zero-order valence-corrected chi connectivity index (χ0v) is 13.5. The van der Waals surface area contributed by atoms with Crippen LogP contribution in [-0.4, -0.2) is 15.3 Å². The quantitative estimate of drug-likeness (QED) is 0.525. The molecule has 24 heavy (non-hydrogen) atoms. The summed E-state index contributed by atoms with van der Waals surface area (Å²) in [5.74, 6) is 1.45. The van der Waals surface area contributed by atoms with Crippen LogP contribution in [0.4, 0.5) is 0 Å². The lowest BCUT2D eigenvalue weighted by Crippen LogP contribution is -1.86. The summed E-state index contributed by atoms with van der Waals surface area (Å²) in [4.78, 5) is 4.48. The van der Waals surface area contributed by atoms with Crippen LogP contribution in [0.15, 0.2) is 63.6 Å². The van der Waals surface area contributed by atoms with Gasteiger partial charge in [0, 0.05) is 11.1 Å². The summed E-state index contributed by atoms with van der Waals surface area (Å²) in [6.07, 6.45) is 0. The lowest BCUT2D eigenvalue weighted by atomic mass is 10.1. The minimum Gasteiger partial charge on any atom is -0.360 e. The lowest BCUT2D eigenvalue weighted by Gasteiger charge is -2.00. The Morgan fingerprint density at radius 1 is 0.875 bits per heavy atom. The Morgan fingerprint density at radius 2 is 1.62 bits per heavy atom. The largest absolute Gasteiger partial charge is 0.360 e. The first-order chi connectivity index (χ1) is 11.7. The first-order valence-electron chi connectivity index (χ1n) is 7.34. The van der Waals surface area contributed by atoms with Crippen molar-refractivity contribution >= 4 is 11.6 Å². The molecular formula is C18H12ClN3O2. The van der Waals surface area contributed by atoms with Crippen LogP contribution in [0.2, 0.25) is 5.02 Å². The van der Waals surface area contributed by atoms with Gasteiger partial charge in [0.25, 0.3) is 5.89 Å². The van der Waals surface area contributed by atoms with Crippen molar-refractivity contribution in [2.45, 2.75) is 6.92 Å². The van der Waals surface area contributed by atoms with Crippen molar-refractivity contribution in [1.29, 1.82) is 0 Å². The van der Waals surface area contributed by atoms with Gasteiger partial charge in [-0.05, 0) is 13.0 Å². The summed E-state index contributed by atoms with van der Waals surface area (Å²) in [6, 6.07) is 17.0. The molecule has 0 fully saturated rings. The monoisotopic (exact) mass is 337 g/mol. The fourth-order valence-electron chi connectivity index (χ4n) is 2.49. The zero-order chi connectivity index (χ0) is 16.5. The highest BCUT2D eigenvalue weighted by molar-refractivity contribution is 6.33. The number of rotatable bonds is 3. The van der Waals surface area contributed by atoms with E-state index in [1.165, 1.54) is 0 Å². The molecule has 0 aliphatic carbocycles. The standard InChI is InChI=1S/C18H12ClN3O2/c1-11-15(16(21-23-11)13-9-5-6-10-14(13)19)18-20-17(22-24-18)12-7-3-2-4-8-12/h2-10H,1H3. The van der Waals surface area contributed by atoms with Crippen molar-refractivity contribution in [1.82, 2.24) is 15.3 Å². The summed E-state index contributed by atoms with van der Waals surface area (Å²) in [5, 5.41) is 8.75. The highest BCUT2D eigenvalue weighted by Gasteiger charge is 2.23. The molecule has 0 aliphatic heterocycles. The lowest BCUT2D eigenvalue weighted by molar-refractivity contribution is 0.397. The summed E-state index contributed by atoms with van der Waals surface area (Å²) in [6.45, 7) is 1.80. The van der Waals surface area contributed by atoms with Gasteiger partial charge in [0.15, 0.2) is 0 Å². The first kappa shape index (κ1) is 14.7. The van der Waals surface area contributed by atoms with Gasteiger partial charge in [-0.2, -0.15) is 4.98 Å². The Labute approximate surface area is 142 Å². The molecule has 0 spiro atoms. The summed E-state index contributed by atoms with van der Waals surface area (Å²) >= 11 is 6.28. The third-order valence-electron chi connectivity index (χ3n) is 3.66. The van der Waals surface area contributed by atoms with Gasteiger partial charge >= 0.3 is 0 Å². The fraction of sp³-hybridized carbons (Fsp3) is 0.0556. The van der Waals surface area contributed by atoms with Crippen molar-refractivity contribution < 1.29 is 9.05 Å². The highest BCUT2D eigenvalue weighted by atomic mass is 35.5. The van der Waals surface area contributed by atoms with Crippen molar-refractivity contribution in [2.75, 3.05) is 0 Å². The van der Waals surface area contributed by atoms with E-state index in [2.05, 4.69) is 15.3 Å². The van der Waals surface area contributed by atoms with E-state index in [-0.39, 0.29) is 0 Å². The molecule has 0 amide bonds. The van der Waals surface area contributed by atoms with E-state index < -0.39 is 0 Å². The Bertz CT molecular complexity index is 992. The molecule has 2 heterocycles. The number of aromatic nitrogens is 3.